The number of methoxy groups -OCH3 is 1. The molecule has 1 aliphatic carbocycles. The molecule has 0 spiro atoms. The number of aromatic nitrogens is 1. The van der Waals surface area contributed by atoms with Crippen molar-refractivity contribution in [2.24, 2.45) is 0 Å². The first-order valence-corrected chi connectivity index (χ1v) is 10.4. The van der Waals surface area contributed by atoms with E-state index < -0.39 is 15.8 Å². The van der Waals surface area contributed by atoms with Crippen LogP contribution in [0.2, 0.25) is 0 Å². The second kappa shape index (κ2) is 6.46. The van der Waals surface area contributed by atoms with E-state index in [4.69, 9.17) is 4.74 Å². The molecule has 4 rings (SSSR count). The Bertz CT molecular complexity index is 1110. The third-order valence-corrected chi connectivity index (χ3v) is 7.24. The van der Waals surface area contributed by atoms with Gasteiger partial charge in [-0.1, -0.05) is 17.7 Å². The van der Waals surface area contributed by atoms with E-state index in [0.29, 0.717) is 5.39 Å². The molecule has 0 aliphatic heterocycles. The number of hydrogen-bond donors (Lipinski definition) is 0. The van der Waals surface area contributed by atoms with Crippen LogP contribution in [0.3, 0.4) is 0 Å². The van der Waals surface area contributed by atoms with Gasteiger partial charge in [0.25, 0.3) is 10.0 Å². The molecular formula is C21H22FNO3S. The quantitative estimate of drug-likeness (QED) is 0.661. The molecule has 1 fully saturated rings. The largest absolute Gasteiger partial charge is 0.381 e. The molecule has 4 nitrogen and oxygen atoms in total. The minimum atomic E-state index is -3.87. The number of benzene rings is 2. The zero-order valence-electron chi connectivity index (χ0n) is 15.6. The molecule has 2 aromatic carbocycles. The third kappa shape index (κ3) is 2.87. The fourth-order valence-electron chi connectivity index (χ4n) is 3.97. The van der Waals surface area contributed by atoms with Gasteiger partial charge in [0.15, 0.2) is 0 Å². The van der Waals surface area contributed by atoms with E-state index in [1.807, 2.05) is 13.8 Å². The lowest BCUT2D eigenvalue weighted by Crippen LogP contribution is -2.29. The monoisotopic (exact) mass is 387 g/mol. The normalized spacial score (nSPS) is 20.0. The van der Waals surface area contributed by atoms with Crippen LogP contribution in [0.15, 0.2) is 47.5 Å². The van der Waals surface area contributed by atoms with Crippen LogP contribution >= 0.6 is 0 Å². The molecule has 1 saturated carbocycles. The van der Waals surface area contributed by atoms with Crippen molar-refractivity contribution in [3.63, 3.8) is 0 Å². The lowest BCUT2D eigenvalue weighted by atomic mass is 9.75. The molecule has 1 heterocycles. The molecule has 0 amide bonds. The van der Waals surface area contributed by atoms with Crippen molar-refractivity contribution in [3.8, 4) is 0 Å². The SMILES string of the molecule is COC1CC(c2c(C)cc(F)c3c2ccn3S(=O)(=O)c2ccc(C)cc2)C1. The van der Waals surface area contributed by atoms with Crippen molar-refractivity contribution in [2.45, 2.75) is 43.6 Å². The van der Waals surface area contributed by atoms with E-state index >= 15 is 0 Å². The summed E-state index contributed by atoms with van der Waals surface area (Å²) in [5.74, 6) is -0.259. The standard InChI is InChI=1S/C21H22FNO3S/c1-13-4-6-17(7-5-13)27(24,25)23-9-8-18-20(15-11-16(12-15)26-3)14(2)10-19(22)21(18)23/h4-10,15-16H,11-12H2,1-3H3. The van der Waals surface area contributed by atoms with Crippen LogP contribution in [0.1, 0.15) is 35.4 Å². The lowest BCUT2D eigenvalue weighted by molar-refractivity contribution is 0.0260. The highest BCUT2D eigenvalue weighted by Gasteiger charge is 2.34. The summed E-state index contributed by atoms with van der Waals surface area (Å²) >= 11 is 0. The van der Waals surface area contributed by atoms with Gasteiger partial charge in [-0.15, -0.1) is 0 Å². The van der Waals surface area contributed by atoms with Crippen LogP contribution < -0.4 is 0 Å². The van der Waals surface area contributed by atoms with Gasteiger partial charge in [-0.05, 0) is 68.0 Å². The summed E-state index contributed by atoms with van der Waals surface area (Å²) in [6.07, 6.45) is 3.41. The maximum atomic E-state index is 14.8. The molecule has 0 unspecified atom stereocenters. The first-order valence-electron chi connectivity index (χ1n) is 8.98. The minimum Gasteiger partial charge on any atom is -0.381 e. The van der Waals surface area contributed by atoms with Crippen molar-refractivity contribution >= 4 is 20.9 Å². The highest BCUT2D eigenvalue weighted by molar-refractivity contribution is 7.90. The number of nitrogens with zero attached hydrogens (tertiary/aromatic N) is 1. The van der Waals surface area contributed by atoms with Crippen LogP contribution in [0.5, 0.6) is 0 Å². The first kappa shape index (κ1) is 18.2. The van der Waals surface area contributed by atoms with E-state index in [0.717, 1.165) is 33.5 Å². The van der Waals surface area contributed by atoms with Gasteiger partial charge in [0.1, 0.15) is 5.82 Å². The number of halogens is 1. The maximum Gasteiger partial charge on any atom is 0.268 e. The molecule has 0 radical (unpaired) electrons. The predicted octanol–water partition coefficient (Wildman–Crippen LogP) is 4.53. The van der Waals surface area contributed by atoms with Crippen LogP contribution in [-0.2, 0) is 14.8 Å². The topological polar surface area (TPSA) is 48.3 Å². The average molecular weight is 387 g/mol. The zero-order valence-corrected chi connectivity index (χ0v) is 16.4. The number of rotatable bonds is 4. The van der Waals surface area contributed by atoms with E-state index in [9.17, 15) is 12.8 Å². The third-order valence-electron chi connectivity index (χ3n) is 5.55. The lowest BCUT2D eigenvalue weighted by Gasteiger charge is -2.35. The van der Waals surface area contributed by atoms with Crippen LogP contribution in [0.25, 0.3) is 10.9 Å². The number of hydrogen-bond acceptors (Lipinski definition) is 3. The smallest absolute Gasteiger partial charge is 0.268 e. The van der Waals surface area contributed by atoms with Crippen LogP contribution in [-0.4, -0.2) is 25.6 Å². The molecule has 6 heteroatoms. The van der Waals surface area contributed by atoms with Crippen LogP contribution in [0.4, 0.5) is 4.39 Å². The van der Waals surface area contributed by atoms with Crippen molar-refractivity contribution < 1.29 is 17.5 Å². The first-order chi connectivity index (χ1) is 12.8. The molecule has 1 aromatic heterocycles. The second-order valence-corrected chi connectivity index (χ2v) is 9.12. The predicted molar refractivity (Wildman–Crippen MR) is 103 cm³/mol. The Hall–Kier alpha value is -2.18. The average Bonchev–Trinajstić information content (AvgIpc) is 3.03. The zero-order chi connectivity index (χ0) is 19.3. The highest BCUT2D eigenvalue weighted by atomic mass is 32.2. The molecule has 1 aliphatic rings. The van der Waals surface area contributed by atoms with E-state index in [-0.39, 0.29) is 22.4 Å². The fourth-order valence-corrected chi connectivity index (χ4v) is 5.33. The minimum absolute atomic E-state index is 0.122. The summed E-state index contributed by atoms with van der Waals surface area (Å²) in [6.45, 7) is 3.77. The van der Waals surface area contributed by atoms with Gasteiger partial charge in [-0.3, -0.25) is 0 Å². The van der Waals surface area contributed by atoms with Gasteiger partial charge in [0, 0.05) is 18.7 Å². The van der Waals surface area contributed by atoms with Crippen molar-refractivity contribution in [3.05, 3.63) is 65.1 Å². The summed E-state index contributed by atoms with van der Waals surface area (Å²) in [5.41, 5.74) is 2.97. The molecule has 3 aromatic rings. The van der Waals surface area contributed by atoms with Crippen molar-refractivity contribution in [2.75, 3.05) is 7.11 Å². The molecule has 142 valence electrons. The summed E-state index contributed by atoms with van der Waals surface area (Å²) in [4.78, 5) is 0.148. The summed E-state index contributed by atoms with van der Waals surface area (Å²) in [7, 11) is -2.18. The Labute approximate surface area is 158 Å². The van der Waals surface area contributed by atoms with Crippen LogP contribution in [0, 0.1) is 19.7 Å². The van der Waals surface area contributed by atoms with Crippen molar-refractivity contribution in [1.82, 2.24) is 3.97 Å². The van der Waals surface area contributed by atoms with Gasteiger partial charge in [0.05, 0.1) is 16.5 Å². The number of aryl methyl sites for hydroxylation is 2. The fraction of sp³-hybridized carbons (Fsp3) is 0.333. The van der Waals surface area contributed by atoms with E-state index in [2.05, 4.69) is 0 Å². The van der Waals surface area contributed by atoms with Crippen molar-refractivity contribution in [1.29, 1.82) is 0 Å². The van der Waals surface area contributed by atoms with Gasteiger partial charge in [0.2, 0.25) is 0 Å². The number of fused-ring (bicyclic) bond motifs is 1. The Morgan fingerprint density at radius 1 is 1.11 bits per heavy atom. The molecular weight excluding hydrogens is 365 g/mol. The van der Waals surface area contributed by atoms with Gasteiger partial charge in [-0.25, -0.2) is 16.8 Å². The molecule has 27 heavy (non-hydrogen) atoms. The summed E-state index contributed by atoms with van der Waals surface area (Å²) in [6, 6.07) is 9.75. The highest BCUT2D eigenvalue weighted by Crippen LogP contribution is 2.44. The molecule has 0 bridgehead atoms. The Morgan fingerprint density at radius 3 is 2.41 bits per heavy atom. The number of ether oxygens (including phenoxy) is 1. The Balaban J connectivity index is 1.88. The Morgan fingerprint density at radius 2 is 1.78 bits per heavy atom. The summed E-state index contributed by atoms with van der Waals surface area (Å²) in [5, 5.41) is 0.669. The molecule has 0 N–H and O–H groups in total. The molecule has 0 atom stereocenters. The summed E-state index contributed by atoms with van der Waals surface area (Å²) < 4.78 is 47.5. The maximum absolute atomic E-state index is 14.8. The van der Waals surface area contributed by atoms with E-state index in [1.54, 1.807) is 37.4 Å². The van der Waals surface area contributed by atoms with Gasteiger partial charge < -0.3 is 4.74 Å². The van der Waals surface area contributed by atoms with E-state index in [1.165, 1.54) is 12.3 Å². The van der Waals surface area contributed by atoms with Gasteiger partial charge in [-0.2, -0.15) is 0 Å². The molecule has 0 saturated heterocycles. The second-order valence-electron chi connectivity index (χ2n) is 7.31. The Kier molecular flexibility index (Phi) is 4.35. The van der Waals surface area contributed by atoms with Gasteiger partial charge >= 0.3 is 0 Å².